The summed E-state index contributed by atoms with van der Waals surface area (Å²) in [4.78, 5) is 4.70. The van der Waals surface area contributed by atoms with Crippen LogP contribution in [0.15, 0.2) is 523 Å². The van der Waals surface area contributed by atoms with Crippen molar-refractivity contribution in [1.82, 2.24) is 9.13 Å². The maximum atomic E-state index is 6.57. The van der Waals surface area contributed by atoms with Crippen molar-refractivity contribution in [1.29, 1.82) is 0 Å². The van der Waals surface area contributed by atoms with Crippen LogP contribution in [0, 0.1) is 0 Å². The van der Waals surface area contributed by atoms with E-state index in [1.54, 1.807) is 0 Å². The summed E-state index contributed by atoms with van der Waals surface area (Å²) in [5.41, 5.74) is 41.0. The molecule has 0 fully saturated rings. The molecule has 0 radical (unpaired) electrons. The normalized spacial score (nSPS) is 13.8. The third-order valence-electron chi connectivity index (χ3n) is 30.3. The van der Waals surface area contributed by atoms with E-state index in [4.69, 9.17) is 18.9 Å². The highest BCUT2D eigenvalue weighted by Crippen LogP contribution is 2.58. The fraction of sp³-hybridized carbons (Fsp3) is 0.0714. The quantitative estimate of drug-likeness (QED) is 0.0419. The van der Waals surface area contributed by atoms with Gasteiger partial charge in [0, 0.05) is 77.9 Å². The van der Waals surface area contributed by atoms with Crippen LogP contribution in [0.5, 0.6) is 11.5 Å². The molecule has 148 heavy (non-hydrogen) atoms. The van der Waals surface area contributed by atoms with E-state index in [-0.39, 0.29) is 0 Å². The molecular weight excluding hydrogens is 1800 g/mol. The Morgan fingerprint density at radius 2 is 0.500 bits per heavy atom. The highest BCUT2D eigenvalue weighted by atomic mass is 16.5. The highest BCUT2D eigenvalue weighted by Gasteiger charge is 2.47. The molecule has 8 heteroatoms. The summed E-state index contributed by atoms with van der Waals surface area (Å²) < 4.78 is 30.7. The first-order valence-corrected chi connectivity index (χ1v) is 51.1. The van der Waals surface area contributed by atoms with Crippen molar-refractivity contribution in [3.8, 4) is 89.6 Å². The predicted molar refractivity (Wildman–Crippen MR) is 613 cm³/mol. The van der Waals surface area contributed by atoms with Crippen molar-refractivity contribution in [2.24, 2.45) is 0 Å². The summed E-state index contributed by atoms with van der Waals surface area (Å²) in [5.74, 6) is 1.70. The van der Waals surface area contributed by atoms with Crippen LogP contribution < -0.4 is 19.3 Å². The van der Waals surface area contributed by atoms with E-state index in [0.29, 0.717) is 39.6 Å². The number of benzene rings is 21. The Labute approximate surface area is 864 Å². The molecule has 0 aliphatic heterocycles. The molecule has 2 aromatic heterocycles. The Bertz CT molecular complexity index is 8280. The Morgan fingerprint density at radius 1 is 0.223 bits per heavy atom. The third kappa shape index (κ3) is 17.2. The number of rotatable bonds is 32. The molecule has 2 unspecified atom stereocenters. The van der Waals surface area contributed by atoms with Gasteiger partial charge in [0.05, 0.1) is 61.7 Å². The molecule has 8 nitrogen and oxygen atoms in total. The van der Waals surface area contributed by atoms with Gasteiger partial charge in [-0.05, 0) is 316 Å². The number of ether oxygens (including phenoxy) is 4. The zero-order valence-corrected chi connectivity index (χ0v) is 82.1. The summed E-state index contributed by atoms with van der Waals surface area (Å²) in [6.07, 6.45) is 5.25. The number of hydrogen-bond acceptors (Lipinski definition) is 6. The van der Waals surface area contributed by atoms with E-state index in [0.717, 1.165) is 159 Å². The minimum absolute atomic E-state index is 0.428. The second kappa shape index (κ2) is 39.8. The molecule has 25 rings (SSSR count). The maximum absolute atomic E-state index is 6.57. The molecule has 2 aliphatic rings. The minimum Gasteiger partial charge on any atom is -0.494 e. The van der Waals surface area contributed by atoms with Gasteiger partial charge >= 0.3 is 0 Å². The van der Waals surface area contributed by atoms with Gasteiger partial charge in [-0.2, -0.15) is 0 Å². The highest BCUT2D eigenvalue weighted by molar-refractivity contribution is 6.12. The molecule has 0 N–H and O–H groups in total. The molecule has 2 heterocycles. The lowest BCUT2D eigenvalue weighted by molar-refractivity contribution is 0.105. The van der Waals surface area contributed by atoms with Crippen molar-refractivity contribution in [3.05, 3.63) is 589 Å². The minimum atomic E-state index is -0.428. The van der Waals surface area contributed by atoms with Crippen LogP contribution in [0.25, 0.3) is 134 Å². The number of nitrogens with zero attached hydrogens (tertiary/aromatic N) is 4. The molecule has 0 spiro atoms. The maximum Gasteiger partial charge on any atom is 0.119 e. The first-order chi connectivity index (χ1) is 73.2. The number of aromatic nitrogens is 2. The van der Waals surface area contributed by atoms with Crippen LogP contribution >= 0.6 is 0 Å². The van der Waals surface area contributed by atoms with Gasteiger partial charge in [-0.15, -0.1) is 0 Å². The summed E-state index contributed by atoms with van der Waals surface area (Å²) >= 11 is 0. The number of hydrogen-bond donors (Lipinski definition) is 0. The third-order valence-corrected chi connectivity index (χ3v) is 30.3. The van der Waals surface area contributed by atoms with E-state index in [1.165, 1.54) is 88.3 Å². The van der Waals surface area contributed by atoms with E-state index < -0.39 is 10.8 Å². The van der Waals surface area contributed by atoms with Crippen LogP contribution in [-0.2, 0) is 46.7 Å². The summed E-state index contributed by atoms with van der Waals surface area (Å²) in [7, 11) is 0. The van der Waals surface area contributed by atoms with Gasteiger partial charge in [-0.1, -0.05) is 365 Å². The first-order valence-electron chi connectivity index (χ1n) is 51.1. The van der Waals surface area contributed by atoms with Crippen LogP contribution in [0.3, 0.4) is 0 Å². The lowest BCUT2D eigenvalue weighted by atomic mass is 9.70. The average molecular weight is 1910 g/mol. The number of para-hydroxylation sites is 4. The topological polar surface area (TPSA) is 53.3 Å². The zero-order chi connectivity index (χ0) is 98.9. The molecule has 2 aliphatic carbocycles. The molecule has 2 atom stereocenters. The lowest BCUT2D eigenvalue weighted by Gasteiger charge is -2.33. The summed E-state index contributed by atoms with van der Waals surface area (Å²) in [6.45, 7) is 10.9. The smallest absolute Gasteiger partial charge is 0.119 e. The Balaban J connectivity index is 0.393. The molecule has 0 amide bonds. The van der Waals surface area contributed by atoms with Crippen molar-refractivity contribution in [2.75, 3.05) is 23.0 Å². The van der Waals surface area contributed by atoms with Crippen LogP contribution in [0.2, 0.25) is 0 Å². The molecule has 21 aromatic carbocycles. The average Bonchev–Trinajstić information content (AvgIpc) is 1.55. The van der Waals surface area contributed by atoms with E-state index >= 15 is 0 Å². The predicted octanol–water partition coefficient (Wildman–Crippen LogP) is 35.8. The number of fused-ring (bicyclic) bond motifs is 12. The Kier molecular flexibility index (Phi) is 24.5. The second-order valence-corrected chi connectivity index (χ2v) is 38.7. The molecule has 0 saturated heterocycles. The van der Waals surface area contributed by atoms with Gasteiger partial charge in [0.15, 0.2) is 0 Å². The summed E-state index contributed by atoms with van der Waals surface area (Å²) in [5, 5.41) is 4.82. The van der Waals surface area contributed by atoms with Crippen LogP contribution in [-0.4, -0.2) is 22.3 Å². The van der Waals surface area contributed by atoms with Gasteiger partial charge in [-0.3, -0.25) is 0 Å². The summed E-state index contributed by atoms with van der Waals surface area (Å²) in [6, 6.07) is 185. The molecule has 23 aromatic rings. The fourth-order valence-corrected chi connectivity index (χ4v) is 22.9. The monoisotopic (exact) mass is 1910 g/mol. The Hall–Kier alpha value is -18.2. The van der Waals surface area contributed by atoms with Crippen molar-refractivity contribution >= 4 is 89.9 Å². The fourth-order valence-electron chi connectivity index (χ4n) is 22.9. The van der Waals surface area contributed by atoms with Crippen LogP contribution in [0.4, 0.5) is 34.1 Å². The first kappa shape index (κ1) is 91.1. The largest absolute Gasteiger partial charge is 0.494 e. The lowest BCUT2D eigenvalue weighted by Crippen LogP contribution is -2.29. The Morgan fingerprint density at radius 3 is 0.851 bits per heavy atom. The van der Waals surface area contributed by atoms with Gasteiger partial charge in [0.2, 0.25) is 0 Å². The van der Waals surface area contributed by atoms with Gasteiger partial charge in [-0.25, -0.2) is 0 Å². The molecular formula is C140H106N4O4. The SMILES string of the molecule is C=Cc1ccc(OCCC2(c3ccccc3)c3ccccc3-c3ccc(-c4ccc(N(c5ccccc5)c5ccc(-c6ccc7c(c6)c6ccccc6n7-c6ccc(COCc7ccc(COCc8ccc(-n9c%10ccccc%10c%10cc(-c%11ccc(N(c%12ccccc%12)c%12ccc(-c%13ccc%14c(c%13)C(CCOc%13ccc(C=C)cc%13)(c%13ccccc%13)c%13ccccc%13-%14)cc%12)cc%11)ccc%109)cc8)cc7)cc6)cc5)cc4)cc32)cc1. The van der Waals surface area contributed by atoms with Crippen LogP contribution in [0.1, 0.15) is 79.6 Å². The number of anilines is 6. The van der Waals surface area contributed by atoms with Gasteiger partial charge < -0.3 is 37.9 Å². The van der Waals surface area contributed by atoms with E-state index in [9.17, 15) is 0 Å². The second-order valence-electron chi connectivity index (χ2n) is 38.7. The van der Waals surface area contributed by atoms with Gasteiger partial charge in [0.1, 0.15) is 11.5 Å². The molecule has 710 valence electrons. The standard InChI is InChI=1S/C140H106N4O4/c1-3-97-49-77-121(78-50-97)147-87-85-139(111-25-9-5-10-26-111)131-37-21-17-33-123(131)125-81-61-109(91-133(125)139)105-57-73-117(74-58-105)141(113-29-13-7-14-30-113)115-69-53-103(54-70-115)107-63-83-137-129(89-107)127-35-19-23-39-135(127)143(137)119-65-45-101(46-66-119)95-145-93-99-41-43-100(44-42-99)94-146-96-102-47-67-120(68-48-102)144-136-40-24-20-36-128(136)130-90-108(64-84-138(130)144)104-55-71-116(72-56-104)142(114-31-15-8-16-32-114)118-75-59-106(60-76-118)110-62-82-126-124-34-18-22-38-132(124)140(134(126)92-110,112-27-11-6-12-28-112)86-88-148-122-79-51-98(4-2)52-80-122/h3-84,89-92H,1-2,85-88,93-96H2. The van der Waals surface area contributed by atoms with Crippen molar-refractivity contribution in [3.63, 3.8) is 0 Å². The molecule has 0 saturated carbocycles. The van der Waals surface area contributed by atoms with Gasteiger partial charge in [0.25, 0.3) is 0 Å². The van der Waals surface area contributed by atoms with Crippen molar-refractivity contribution < 1.29 is 18.9 Å². The van der Waals surface area contributed by atoms with E-state index in [1.807, 2.05) is 36.4 Å². The van der Waals surface area contributed by atoms with Crippen molar-refractivity contribution in [2.45, 2.75) is 50.1 Å². The molecule has 0 bridgehead atoms. The van der Waals surface area contributed by atoms with E-state index in [2.05, 4.69) is 517 Å². The zero-order valence-electron chi connectivity index (χ0n) is 82.1.